The first-order chi connectivity index (χ1) is 9.78. The second kappa shape index (κ2) is 17.9. The highest BCUT2D eigenvalue weighted by Gasteiger charge is 2.26. The van der Waals surface area contributed by atoms with Crippen LogP contribution in [0.1, 0.15) is 55.9 Å². The largest absolute Gasteiger partial charge is 0.306 e. The Bertz CT molecular complexity index is 171. The van der Waals surface area contributed by atoms with E-state index in [1.54, 1.807) is 0 Å². The van der Waals surface area contributed by atoms with Gasteiger partial charge in [-0.25, -0.2) is 0 Å². The van der Waals surface area contributed by atoms with Gasteiger partial charge in [0.15, 0.2) is 0 Å². The van der Waals surface area contributed by atoms with E-state index in [0.29, 0.717) is 0 Å². The number of nitrogens with zero attached hydrogens (tertiary/aromatic N) is 3. The van der Waals surface area contributed by atoms with Crippen LogP contribution in [-0.4, -0.2) is 74.1 Å². The van der Waals surface area contributed by atoms with E-state index in [4.69, 9.17) is 0 Å². The molecule has 2 aliphatic rings. The van der Waals surface area contributed by atoms with E-state index in [2.05, 4.69) is 28.7 Å². The van der Waals surface area contributed by atoms with Crippen LogP contribution in [0, 0.1) is 5.92 Å². The number of likely N-dealkylation sites (N-methyl/N-ethyl adjacent to an activating group) is 1. The Morgan fingerprint density at radius 2 is 1.14 bits per heavy atom. The average molecular weight is 304 g/mol. The first kappa shape index (κ1) is 25.8. The second-order valence-electron chi connectivity index (χ2n) is 4.82. The van der Waals surface area contributed by atoms with Gasteiger partial charge in [-0.2, -0.15) is 0 Å². The van der Waals surface area contributed by atoms with E-state index in [1.807, 2.05) is 41.5 Å². The molecule has 0 radical (unpaired) electrons. The van der Waals surface area contributed by atoms with Gasteiger partial charge < -0.3 is 14.7 Å². The third-order valence-corrected chi connectivity index (χ3v) is 3.57. The van der Waals surface area contributed by atoms with Crippen LogP contribution in [0.4, 0.5) is 0 Å². The Kier molecular flexibility index (Phi) is 22.0. The van der Waals surface area contributed by atoms with Crippen LogP contribution in [0.5, 0.6) is 0 Å². The molecule has 0 spiro atoms. The van der Waals surface area contributed by atoms with Crippen LogP contribution < -0.4 is 0 Å². The number of likely N-dealkylation sites (tertiary alicyclic amines) is 1. The summed E-state index contributed by atoms with van der Waals surface area (Å²) in [6.07, 6.45) is 0. The van der Waals surface area contributed by atoms with Crippen molar-refractivity contribution in [3.05, 3.63) is 0 Å². The summed E-state index contributed by atoms with van der Waals surface area (Å²) in [7, 11) is 2.21. The summed E-state index contributed by atoms with van der Waals surface area (Å²) in [5.74, 6) is 0.952. The molecule has 0 amide bonds. The number of rotatable bonds is 3. The fraction of sp³-hybridized carbons (Fsp3) is 1.00. The lowest BCUT2D eigenvalue weighted by Crippen LogP contribution is -2.53. The molecule has 2 rings (SSSR count). The molecule has 0 aromatic heterocycles. The van der Waals surface area contributed by atoms with E-state index in [0.717, 1.165) is 5.92 Å². The van der Waals surface area contributed by atoms with E-state index in [9.17, 15) is 0 Å². The van der Waals surface area contributed by atoms with Gasteiger partial charge in [-0.3, -0.25) is 0 Å². The standard InChI is InChI=1S/C11H23N3.3C2H6.CH4/c1-3-13-4-6-14(7-5-13)10-11-8-12(2)9-11;3*1-2;/h11H,3-10H2,1-2H3;3*1-2H3;1H4. The van der Waals surface area contributed by atoms with Crippen molar-refractivity contribution >= 4 is 0 Å². The maximum Gasteiger partial charge on any atom is 0.0110 e. The maximum atomic E-state index is 2.64. The lowest BCUT2D eigenvalue weighted by Gasteiger charge is -2.42. The van der Waals surface area contributed by atoms with Crippen LogP contribution in [-0.2, 0) is 0 Å². The van der Waals surface area contributed by atoms with Gasteiger partial charge in [0.05, 0.1) is 0 Å². The summed E-state index contributed by atoms with van der Waals surface area (Å²) in [6.45, 7) is 24.6. The normalized spacial score (nSPS) is 19.4. The molecule has 132 valence electrons. The fourth-order valence-corrected chi connectivity index (χ4v) is 2.60. The summed E-state index contributed by atoms with van der Waals surface area (Å²) in [4.78, 5) is 7.60. The summed E-state index contributed by atoms with van der Waals surface area (Å²) in [5.41, 5.74) is 0. The van der Waals surface area contributed by atoms with Gasteiger partial charge in [-0.1, -0.05) is 55.9 Å². The molecule has 0 aliphatic carbocycles. The molecule has 2 heterocycles. The predicted octanol–water partition coefficient (Wildman–Crippen LogP) is 3.90. The molecule has 0 aromatic carbocycles. The highest BCUT2D eigenvalue weighted by molar-refractivity contribution is 4.81. The van der Waals surface area contributed by atoms with Gasteiger partial charge in [0.2, 0.25) is 0 Å². The van der Waals surface area contributed by atoms with Crippen LogP contribution in [0.2, 0.25) is 0 Å². The van der Waals surface area contributed by atoms with Gasteiger partial charge in [-0.15, -0.1) is 0 Å². The van der Waals surface area contributed by atoms with E-state index in [1.165, 1.54) is 52.4 Å². The van der Waals surface area contributed by atoms with Gasteiger partial charge in [0.25, 0.3) is 0 Å². The van der Waals surface area contributed by atoms with Crippen LogP contribution >= 0.6 is 0 Å². The van der Waals surface area contributed by atoms with E-state index >= 15 is 0 Å². The molecule has 2 aliphatic heterocycles. The Hall–Kier alpha value is -0.120. The lowest BCUT2D eigenvalue weighted by atomic mass is 10.0. The third-order valence-electron chi connectivity index (χ3n) is 3.57. The van der Waals surface area contributed by atoms with Crippen molar-refractivity contribution in [2.45, 2.75) is 55.9 Å². The zero-order valence-corrected chi connectivity index (χ0v) is 15.6. The minimum Gasteiger partial charge on any atom is -0.306 e. The van der Waals surface area contributed by atoms with Gasteiger partial charge >= 0.3 is 0 Å². The summed E-state index contributed by atoms with van der Waals surface area (Å²) >= 11 is 0. The molecular formula is C18H45N3. The van der Waals surface area contributed by atoms with Crippen LogP contribution in [0.15, 0.2) is 0 Å². The average Bonchev–Trinajstić information content (AvgIpc) is 2.52. The minimum absolute atomic E-state index is 0. The summed E-state index contributed by atoms with van der Waals surface area (Å²) in [6, 6.07) is 0. The van der Waals surface area contributed by atoms with Crippen molar-refractivity contribution in [2.24, 2.45) is 5.92 Å². The van der Waals surface area contributed by atoms with Crippen molar-refractivity contribution in [1.82, 2.24) is 14.7 Å². The second-order valence-corrected chi connectivity index (χ2v) is 4.82. The Labute approximate surface area is 136 Å². The quantitative estimate of drug-likeness (QED) is 0.783. The zero-order chi connectivity index (χ0) is 16.0. The molecule has 2 fully saturated rings. The molecule has 0 bridgehead atoms. The highest BCUT2D eigenvalue weighted by atomic mass is 15.3. The Morgan fingerprint density at radius 1 is 0.762 bits per heavy atom. The Morgan fingerprint density at radius 3 is 1.48 bits per heavy atom. The first-order valence-electron chi connectivity index (χ1n) is 8.91. The van der Waals surface area contributed by atoms with Crippen molar-refractivity contribution in [1.29, 1.82) is 0 Å². The molecule has 2 saturated heterocycles. The minimum atomic E-state index is 0. The fourth-order valence-electron chi connectivity index (χ4n) is 2.60. The molecule has 0 aromatic rings. The van der Waals surface area contributed by atoms with Crippen LogP contribution in [0.3, 0.4) is 0 Å². The molecule has 0 unspecified atom stereocenters. The van der Waals surface area contributed by atoms with E-state index < -0.39 is 0 Å². The van der Waals surface area contributed by atoms with Crippen molar-refractivity contribution in [3.8, 4) is 0 Å². The van der Waals surface area contributed by atoms with Crippen molar-refractivity contribution in [2.75, 3.05) is 59.4 Å². The Balaban J connectivity index is -0.000000414. The van der Waals surface area contributed by atoms with Gasteiger partial charge in [0.1, 0.15) is 0 Å². The molecule has 21 heavy (non-hydrogen) atoms. The number of piperazine rings is 1. The summed E-state index contributed by atoms with van der Waals surface area (Å²) < 4.78 is 0. The monoisotopic (exact) mass is 303 g/mol. The smallest absolute Gasteiger partial charge is 0.0110 e. The predicted molar refractivity (Wildman–Crippen MR) is 100 cm³/mol. The van der Waals surface area contributed by atoms with Crippen LogP contribution in [0.25, 0.3) is 0 Å². The van der Waals surface area contributed by atoms with Crippen molar-refractivity contribution < 1.29 is 0 Å². The lowest BCUT2D eigenvalue weighted by molar-refractivity contribution is 0.0633. The molecular weight excluding hydrogens is 258 g/mol. The van der Waals surface area contributed by atoms with Gasteiger partial charge in [-0.05, 0) is 19.5 Å². The topological polar surface area (TPSA) is 9.72 Å². The van der Waals surface area contributed by atoms with Gasteiger partial charge in [0, 0.05) is 45.8 Å². The molecule has 3 heteroatoms. The molecule has 0 N–H and O–H groups in total. The van der Waals surface area contributed by atoms with E-state index in [-0.39, 0.29) is 7.43 Å². The summed E-state index contributed by atoms with van der Waals surface area (Å²) in [5, 5.41) is 0. The molecule has 0 saturated carbocycles. The third kappa shape index (κ3) is 11.1. The molecule has 0 atom stereocenters. The SMILES string of the molecule is C.CC.CC.CC.CCN1CCN(CC2CN(C)C2)CC1. The first-order valence-corrected chi connectivity index (χ1v) is 8.91. The number of hydrogen-bond donors (Lipinski definition) is 0. The van der Waals surface area contributed by atoms with Crippen molar-refractivity contribution in [3.63, 3.8) is 0 Å². The molecule has 3 nitrogen and oxygen atoms in total. The number of hydrogen-bond acceptors (Lipinski definition) is 3. The highest BCUT2D eigenvalue weighted by Crippen LogP contribution is 2.15. The maximum absolute atomic E-state index is 2.64. The zero-order valence-electron chi connectivity index (χ0n) is 15.6.